The smallest absolute Gasteiger partial charge is 0.321 e. The highest BCUT2D eigenvalue weighted by molar-refractivity contribution is 9.10. The van der Waals surface area contributed by atoms with Crippen molar-refractivity contribution in [2.75, 3.05) is 38.5 Å². The zero-order chi connectivity index (χ0) is 12.3. The van der Waals surface area contributed by atoms with E-state index in [1.165, 1.54) is 0 Å². The van der Waals surface area contributed by atoms with Crippen LogP contribution in [0.25, 0.3) is 0 Å². The fraction of sp³-hybridized carbons (Fsp3) is 0.455. The molecule has 1 saturated heterocycles. The number of amides is 2. The number of halogens is 1. The van der Waals surface area contributed by atoms with E-state index in [9.17, 15) is 4.79 Å². The molecule has 6 heteroatoms. The molecule has 0 bridgehead atoms. The molecule has 0 aliphatic carbocycles. The van der Waals surface area contributed by atoms with E-state index in [0.29, 0.717) is 5.69 Å². The SMILES string of the molecule is CN1CCN(C(=O)Nc2cncc(Br)c2)CC1. The molecule has 2 rings (SSSR count). The molecule has 1 N–H and O–H groups in total. The Hall–Kier alpha value is -1.14. The molecule has 1 aromatic heterocycles. The maximum Gasteiger partial charge on any atom is 0.321 e. The Labute approximate surface area is 109 Å². The highest BCUT2D eigenvalue weighted by Crippen LogP contribution is 2.14. The van der Waals surface area contributed by atoms with Crippen LogP contribution in [-0.4, -0.2) is 54.0 Å². The summed E-state index contributed by atoms with van der Waals surface area (Å²) in [4.78, 5) is 20.0. The first-order chi connectivity index (χ1) is 8.15. The van der Waals surface area contributed by atoms with E-state index >= 15 is 0 Å². The van der Waals surface area contributed by atoms with Gasteiger partial charge >= 0.3 is 6.03 Å². The summed E-state index contributed by atoms with van der Waals surface area (Å²) >= 11 is 3.32. The maximum absolute atomic E-state index is 11.9. The number of piperazine rings is 1. The fourth-order valence-corrected chi connectivity index (χ4v) is 2.06. The van der Waals surface area contributed by atoms with Gasteiger partial charge < -0.3 is 15.1 Å². The fourth-order valence-electron chi connectivity index (χ4n) is 1.69. The van der Waals surface area contributed by atoms with Crippen molar-refractivity contribution in [1.29, 1.82) is 0 Å². The number of carbonyl (C=O) groups is 1. The van der Waals surface area contributed by atoms with Gasteiger partial charge in [0, 0.05) is 36.8 Å². The highest BCUT2D eigenvalue weighted by atomic mass is 79.9. The van der Waals surface area contributed by atoms with E-state index in [4.69, 9.17) is 0 Å². The third-order valence-corrected chi connectivity index (χ3v) is 3.18. The number of likely N-dealkylation sites (N-methyl/N-ethyl adjacent to an activating group) is 1. The van der Waals surface area contributed by atoms with Gasteiger partial charge in [0.1, 0.15) is 0 Å². The van der Waals surface area contributed by atoms with Crippen LogP contribution in [0.5, 0.6) is 0 Å². The topological polar surface area (TPSA) is 48.5 Å². The van der Waals surface area contributed by atoms with Crippen LogP contribution in [0.15, 0.2) is 22.9 Å². The lowest BCUT2D eigenvalue weighted by molar-refractivity contribution is 0.164. The van der Waals surface area contributed by atoms with Crippen molar-refractivity contribution in [3.05, 3.63) is 22.9 Å². The summed E-state index contributed by atoms with van der Waals surface area (Å²) in [6, 6.07) is 1.78. The number of pyridine rings is 1. The minimum atomic E-state index is -0.0574. The molecular weight excluding hydrogens is 284 g/mol. The number of hydrogen-bond donors (Lipinski definition) is 1. The van der Waals surface area contributed by atoms with Crippen LogP contribution in [0.3, 0.4) is 0 Å². The monoisotopic (exact) mass is 298 g/mol. The lowest BCUT2D eigenvalue weighted by Gasteiger charge is -2.32. The molecule has 2 heterocycles. The third kappa shape index (κ3) is 3.41. The van der Waals surface area contributed by atoms with Crippen LogP contribution in [0.2, 0.25) is 0 Å². The van der Waals surface area contributed by atoms with Crippen molar-refractivity contribution in [3.63, 3.8) is 0 Å². The Balaban J connectivity index is 1.93. The van der Waals surface area contributed by atoms with Crippen molar-refractivity contribution in [1.82, 2.24) is 14.8 Å². The summed E-state index contributed by atoms with van der Waals surface area (Å²) in [5.41, 5.74) is 0.711. The molecule has 1 aromatic rings. The van der Waals surface area contributed by atoms with Crippen molar-refractivity contribution in [2.24, 2.45) is 0 Å². The third-order valence-electron chi connectivity index (χ3n) is 2.75. The van der Waals surface area contributed by atoms with Crippen molar-refractivity contribution in [2.45, 2.75) is 0 Å². The molecule has 92 valence electrons. The van der Waals surface area contributed by atoms with E-state index in [-0.39, 0.29) is 6.03 Å². The largest absolute Gasteiger partial charge is 0.322 e. The van der Waals surface area contributed by atoms with Gasteiger partial charge in [0.25, 0.3) is 0 Å². The number of aromatic nitrogens is 1. The molecule has 0 unspecified atom stereocenters. The molecule has 5 nitrogen and oxygen atoms in total. The summed E-state index contributed by atoms with van der Waals surface area (Å²) in [7, 11) is 2.06. The van der Waals surface area contributed by atoms with Crippen molar-refractivity contribution < 1.29 is 4.79 Å². The van der Waals surface area contributed by atoms with Gasteiger partial charge in [-0.25, -0.2) is 4.79 Å². The molecule has 0 radical (unpaired) electrons. The molecule has 1 fully saturated rings. The van der Waals surface area contributed by atoms with Crippen LogP contribution in [-0.2, 0) is 0 Å². The summed E-state index contributed by atoms with van der Waals surface area (Å²) in [6.07, 6.45) is 3.32. The number of carbonyl (C=O) groups excluding carboxylic acids is 1. The van der Waals surface area contributed by atoms with E-state index in [2.05, 4.69) is 38.2 Å². The van der Waals surface area contributed by atoms with Gasteiger partial charge in [0.2, 0.25) is 0 Å². The molecule has 2 amide bonds. The average Bonchev–Trinajstić information content (AvgIpc) is 2.29. The zero-order valence-corrected chi connectivity index (χ0v) is 11.3. The molecule has 0 atom stereocenters. The van der Waals surface area contributed by atoms with E-state index in [1.54, 1.807) is 12.4 Å². The van der Waals surface area contributed by atoms with E-state index in [0.717, 1.165) is 30.7 Å². The minimum Gasteiger partial charge on any atom is -0.322 e. The van der Waals surface area contributed by atoms with Crippen molar-refractivity contribution in [3.8, 4) is 0 Å². The van der Waals surface area contributed by atoms with Crippen molar-refractivity contribution >= 4 is 27.6 Å². The standard InChI is InChI=1S/C11H15BrN4O/c1-15-2-4-16(5-3-15)11(17)14-10-6-9(12)7-13-8-10/h6-8H,2-5H2,1H3,(H,14,17). The first-order valence-electron chi connectivity index (χ1n) is 5.50. The number of hydrogen-bond acceptors (Lipinski definition) is 3. The molecule has 1 aliphatic heterocycles. The van der Waals surface area contributed by atoms with Crippen LogP contribution >= 0.6 is 15.9 Å². The molecule has 17 heavy (non-hydrogen) atoms. The number of anilines is 1. The summed E-state index contributed by atoms with van der Waals surface area (Å²) < 4.78 is 0.855. The molecule has 0 saturated carbocycles. The van der Waals surface area contributed by atoms with E-state index in [1.807, 2.05) is 11.0 Å². The van der Waals surface area contributed by atoms with Gasteiger partial charge in [-0.3, -0.25) is 4.98 Å². The molecule has 0 aromatic carbocycles. The van der Waals surface area contributed by atoms with Gasteiger partial charge in [0.15, 0.2) is 0 Å². The van der Waals surface area contributed by atoms with Crippen LogP contribution in [0, 0.1) is 0 Å². The van der Waals surface area contributed by atoms with Crippen LogP contribution in [0.4, 0.5) is 10.5 Å². The zero-order valence-electron chi connectivity index (χ0n) is 9.69. The first-order valence-corrected chi connectivity index (χ1v) is 6.29. The summed E-state index contributed by atoms with van der Waals surface area (Å²) in [5.74, 6) is 0. The molecule has 1 aliphatic rings. The second-order valence-corrected chi connectivity index (χ2v) is 5.03. The normalized spacial score (nSPS) is 16.9. The Kier molecular flexibility index (Phi) is 3.96. The van der Waals surface area contributed by atoms with Gasteiger partial charge in [0.05, 0.1) is 11.9 Å². The van der Waals surface area contributed by atoms with Crippen LogP contribution in [0.1, 0.15) is 0 Å². The number of rotatable bonds is 1. The second-order valence-electron chi connectivity index (χ2n) is 4.11. The van der Waals surface area contributed by atoms with Gasteiger partial charge in [-0.1, -0.05) is 0 Å². The Morgan fingerprint density at radius 1 is 1.35 bits per heavy atom. The summed E-state index contributed by atoms with van der Waals surface area (Å²) in [5, 5.41) is 2.84. The van der Waals surface area contributed by atoms with Gasteiger partial charge in [-0.05, 0) is 29.0 Å². The average molecular weight is 299 g/mol. The number of urea groups is 1. The number of nitrogens with one attached hydrogen (secondary N) is 1. The molecular formula is C11H15BrN4O. The van der Waals surface area contributed by atoms with Crippen LogP contribution < -0.4 is 5.32 Å². The maximum atomic E-state index is 11.9. The summed E-state index contributed by atoms with van der Waals surface area (Å²) in [6.45, 7) is 3.38. The van der Waals surface area contributed by atoms with E-state index < -0.39 is 0 Å². The predicted molar refractivity (Wildman–Crippen MR) is 70.0 cm³/mol. The highest BCUT2D eigenvalue weighted by Gasteiger charge is 2.18. The van der Waals surface area contributed by atoms with Gasteiger partial charge in [-0.2, -0.15) is 0 Å². The second kappa shape index (κ2) is 5.46. The predicted octanol–water partition coefficient (Wildman–Crippen LogP) is 1.62. The lowest BCUT2D eigenvalue weighted by atomic mass is 10.3. The lowest BCUT2D eigenvalue weighted by Crippen LogP contribution is -2.48. The van der Waals surface area contributed by atoms with Gasteiger partial charge in [-0.15, -0.1) is 0 Å². The minimum absolute atomic E-state index is 0.0574. The number of nitrogens with zero attached hydrogens (tertiary/aromatic N) is 3. The Morgan fingerprint density at radius 3 is 2.71 bits per heavy atom. The Bertz CT molecular complexity index is 404. The first kappa shape index (κ1) is 12.3. The Morgan fingerprint density at radius 2 is 2.06 bits per heavy atom. The molecule has 0 spiro atoms. The quantitative estimate of drug-likeness (QED) is 0.857.